The maximum absolute atomic E-state index is 11.8. The number of imide groups is 1. The standard InChI is InChI=1S/C12H10N4O3/c17-7-8-1-2-9(10-3-5-13-16(8)10)15-6-4-11(18)14-12(15)19/h1-3,5,7H,4,6H2,(H,14,18,19). The van der Waals surface area contributed by atoms with Gasteiger partial charge in [0.1, 0.15) is 5.69 Å². The van der Waals surface area contributed by atoms with Gasteiger partial charge in [-0.15, -0.1) is 0 Å². The van der Waals surface area contributed by atoms with Gasteiger partial charge in [-0.3, -0.25) is 19.8 Å². The predicted molar refractivity (Wildman–Crippen MR) is 66.1 cm³/mol. The Balaban J connectivity index is 2.11. The summed E-state index contributed by atoms with van der Waals surface area (Å²) in [6, 6.07) is 4.52. The van der Waals surface area contributed by atoms with Crippen LogP contribution in [0.1, 0.15) is 16.9 Å². The summed E-state index contributed by atoms with van der Waals surface area (Å²) in [6.07, 6.45) is 2.50. The summed E-state index contributed by atoms with van der Waals surface area (Å²) in [6.45, 7) is 0.311. The van der Waals surface area contributed by atoms with Crippen molar-refractivity contribution in [3.05, 3.63) is 30.1 Å². The van der Waals surface area contributed by atoms with Gasteiger partial charge in [-0.05, 0) is 18.2 Å². The molecule has 1 saturated heterocycles. The molecule has 3 heterocycles. The fourth-order valence-electron chi connectivity index (χ4n) is 2.13. The molecule has 96 valence electrons. The predicted octanol–water partition coefficient (Wildman–Crippen LogP) is 0.593. The monoisotopic (exact) mass is 258 g/mol. The summed E-state index contributed by atoms with van der Waals surface area (Å²) in [5.74, 6) is -0.282. The Morgan fingerprint density at radius 3 is 2.84 bits per heavy atom. The molecule has 19 heavy (non-hydrogen) atoms. The molecule has 0 aromatic carbocycles. The number of fused-ring (bicyclic) bond motifs is 1. The van der Waals surface area contributed by atoms with Gasteiger partial charge in [0, 0.05) is 13.0 Å². The minimum absolute atomic E-state index is 0.251. The topological polar surface area (TPSA) is 83.8 Å². The van der Waals surface area contributed by atoms with Crippen LogP contribution in [0.2, 0.25) is 0 Å². The van der Waals surface area contributed by atoms with Crippen LogP contribution in [-0.4, -0.2) is 34.4 Å². The zero-order chi connectivity index (χ0) is 13.4. The molecule has 1 aliphatic rings. The number of carbonyl (C=O) groups is 3. The quantitative estimate of drug-likeness (QED) is 0.799. The third-order valence-electron chi connectivity index (χ3n) is 3.03. The molecule has 3 amide bonds. The minimum atomic E-state index is -0.460. The Morgan fingerprint density at radius 1 is 1.26 bits per heavy atom. The maximum atomic E-state index is 11.8. The zero-order valence-corrected chi connectivity index (χ0v) is 9.87. The van der Waals surface area contributed by atoms with Crippen LogP contribution in [0.4, 0.5) is 10.5 Å². The molecule has 7 heteroatoms. The zero-order valence-electron chi connectivity index (χ0n) is 9.87. The van der Waals surface area contributed by atoms with Gasteiger partial charge in [0.15, 0.2) is 6.29 Å². The van der Waals surface area contributed by atoms with Crippen LogP contribution in [0.3, 0.4) is 0 Å². The number of urea groups is 1. The van der Waals surface area contributed by atoms with E-state index in [1.807, 2.05) is 0 Å². The lowest BCUT2D eigenvalue weighted by atomic mass is 10.2. The molecule has 1 fully saturated rings. The lowest BCUT2D eigenvalue weighted by Crippen LogP contribution is -2.49. The van der Waals surface area contributed by atoms with Gasteiger partial charge in [-0.2, -0.15) is 5.10 Å². The van der Waals surface area contributed by atoms with Crippen molar-refractivity contribution in [2.45, 2.75) is 6.42 Å². The van der Waals surface area contributed by atoms with Gasteiger partial charge in [0.2, 0.25) is 5.91 Å². The first kappa shape index (κ1) is 11.4. The average molecular weight is 258 g/mol. The number of aromatic nitrogens is 2. The number of aldehydes is 1. The molecule has 0 unspecified atom stereocenters. The van der Waals surface area contributed by atoms with Gasteiger partial charge < -0.3 is 0 Å². The fraction of sp³-hybridized carbons (Fsp3) is 0.167. The number of nitrogens with zero attached hydrogens (tertiary/aromatic N) is 3. The second-order valence-electron chi connectivity index (χ2n) is 4.14. The van der Waals surface area contributed by atoms with Gasteiger partial charge in [-0.1, -0.05) is 0 Å². The van der Waals surface area contributed by atoms with Crippen LogP contribution < -0.4 is 10.2 Å². The first-order valence-electron chi connectivity index (χ1n) is 5.74. The largest absolute Gasteiger partial charge is 0.328 e. The fourth-order valence-corrected chi connectivity index (χ4v) is 2.13. The Kier molecular flexibility index (Phi) is 2.52. The van der Waals surface area contributed by atoms with E-state index >= 15 is 0 Å². The van der Waals surface area contributed by atoms with E-state index in [9.17, 15) is 14.4 Å². The number of nitrogens with one attached hydrogen (secondary N) is 1. The van der Waals surface area contributed by atoms with E-state index in [1.54, 1.807) is 24.4 Å². The summed E-state index contributed by atoms with van der Waals surface area (Å²) in [5, 5.41) is 6.31. The van der Waals surface area contributed by atoms with Crippen molar-refractivity contribution in [3.63, 3.8) is 0 Å². The molecular formula is C12H10N4O3. The van der Waals surface area contributed by atoms with Crippen LogP contribution >= 0.6 is 0 Å². The van der Waals surface area contributed by atoms with E-state index in [1.165, 1.54) is 9.42 Å². The van der Waals surface area contributed by atoms with Crippen molar-refractivity contribution in [1.29, 1.82) is 0 Å². The van der Waals surface area contributed by atoms with E-state index in [0.29, 0.717) is 29.7 Å². The van der Waals surface area contributed by atoms with Crippen molar-refractivity contribution < 1.29 is 14.4 Å². The normalized spacial score (nSPS) is 15.7. The molecule has 3 rings (SSSR count). The lowest BCUT2D eigenvalue weighted by molar-refractivity contribution is -0.120. The van der Waals surface area contributed by atoms with Crippen molar-refractivity contribution in [2.24, 2.45) is 0 Å². The van der Waals surface area contributed by atoms with Crippen molar-refractivity contribution in [3.8, 4) is 0 Å². The molecule has 0 saturated carbocycles. The molecule has 1 aliphatic heterocycles. The number of pyridine rings is 1. The number of carbonyl (C=O) groups excluding carboxylic acids is 3. The smallest absolute Gasteiger partial charge is 0.296 e. The summed E-state index contributed by atoms with van der Waals surface area (Å²) >= 11 is 0. The van der Waals surface area contributed by atoms with Crippen LogP contribution in [0, 0.1) is 0 Å². The van der Waals surface area contributed by atoms with Gasteiger partial charge in [0.05, 0.1) is 17.4 Å². The molecule has 0 bridgehead atoms. The highest BCUT2D eigenvalue weighted by atomic mass is 16.2. The van der Waals surface area contributed by atoms with E-state index in [4.69, 9.17) is 0 Å². The van der Waals surface area contributed by atoms with Crippen LogP contribution in [-0.2, 0) is 4.79 Å². The number of amides is 3. The van der Waals surface area contributed by atoms with Gasteiger partial charge in [0.25, 0.3) is 0 Å². The third-order valence-corrected chi connectivity index (χ3v) is 3.03. The Morgan fingerprint density at radius 2 is 2.11 bits per heavy atom. The number of hydrogen-bond acceptors (Lipinski definition) is 4. The number of rotatable bonds is 2. The van der Waals surface area contributed by atoms with Crippen molar-refractivity contribution in [2.75, 3.05) is 11.4 Å². The van der Waals surface area contributed by atoms with E-state index < -0.39 is 6.03 Å². The number of hydrogen-bond donors (Lipinski definition) is 1. The molecular weight excluding hydrogens is 248 g/mol. The third kappa shape index (κ3) is 1.75. The highest BCUT2D eigenvalue weighted by molar-refractivity contribution is 6.07. The summed E-state index contributed by atoms with van der Waals surface area (Å²) in [5.41, 5.74) is 1.67. The average Bonchev–Trinajstić information content (AvgIpc) is 2.87. The molecule has 2 aromatic rings. The number of anilines is 1. The van der Waals surface area contributed by atoms with E-state index in [-0.39, 0.29) is 12.3 Å². The summed E-state index contributed by atoms with van der Waals surface area (Å²) < 4.78 is 1.46. The summed E-state index contributed by atoms with van der Waals surface area (Å²) in [4.78, 5) is 35.3. The Hall–Kier alpha value is -2.70. The van der Waals surface area contributed by atoms with Crippen LogP contribution in [0.15, 0.2) is 24.4 Å². The second kappa shape index (κ2) is 4.20. The first-order chi connectivity index (χ1) is 9.20. The molecule has 0 aliphatic carbocycles. The molecule has 2 aromatic heterocycles. The molecule has 7 nitrogen and oxygen atoms in total. The van der Waals surface area contributed by atoms with Crippen molar-refractivity contribution in [1.82, 2.24) is 14.9 Å². The summed E-state index contributed by atoms with van der Waals surface area (Å²) in [7, 11) is 0. The van der Waals surface area contributed by atoms with Gasteiger partial charge >= 0.3 is 6.03 Å². The van der Waals surface area contributed by atoms with E-state index in [0.717, 1.165) is 0 Å². The van der Waals surface area contributed by atoms with Crippen LogP contribution in [0.25, 0.3) is 5.52 Å². The molecule has 0 spiro atoms. The maximum Gasteiger partial charge on any atom is 0.328 e. The molecule has 0 radical (unpaired) electrons. The van der Waals surface area contributed by atoms with Gasteiger partial charge in [-0.25, -0.2) is 9.31 Å². The Bertz CT molecular complexity index is 691. The first-order valence-corrected chi connectivity index (χ1v) is 5.74. The van der Waals surface area contributed by atoms with E-state index in [2.05, 4.69) is 10.4 Å². The SMILES string of the molecule is O=Cc1ccc(N2CCC(=O)NC2=O)c2ccnn12. The molecule has 0 atom stereocenters. The lowest BCUT2D eigenvalue weighted by Gasteiger charge is -2.27. The minimum Gasteiger partial charge on any atom is -0.296 e. The molecule has 1 N–H and O–H groups in total. The van der Waals surface area contributed by atoms with Crippen molar-refractivity contribution >= 4 is 29.4 Å². The Labute approximate surface area is 107 Å². The van der Waals surface area contributed by atoms with Crippen LogP contribution in [0.5, 0.6) is 0 Å². The second-order valence-corrected chi connectivity index (χ2v) is 4.14. The highest BCUT2D eigenvalue weighted by Gasteiger charge is 2.26. The highest BCUT2D eigenvalue weighted by Crippen LogP contribution is 2.24.